The van der Waals surface area contributed by atoms with Crippen LogP contribution in [0.25, 0.3) is 0 Å². The van der Waals surface area contributed by atoms with Crippen molar-refractivity contribution in [1.29, 1.82) is 0 Å². The number of ether oxygens (including phenoxy) is 1. The third-order valence-corrected chi connectivity index (χ3v) is 3.55. The van der Waals surface area contributed by atoms with Gasteiger partial charge in [0, 0.05) is 11.8 Å². The van der Waals surface area contributed by atoms with E-state index in [2.05, 4.69) is 20.4 Å². The fourth-order valence-corrected chi connectivity index (χ4v) is 2.08. The molecule has 0 saturated carbocycles. The van der Waals surface area contributed by atoms with Crippen LogP contribution in [0.1, 0.15) is 34.6 Å². The minimum atomic E-state index is -0.428. The minimum absolute atomic E-state index is 0.0792. The Balaban J connectivity index is 2.04. The zero-order valence-corrected chi connectivity index (χ0v) is 13.4. The Morgan fingerprint density at radius 2 is 1.87 bits per heavy atom. The number of nitrogens with one attached hydrogen (secondary N) is 1. The van der Waals surface area contributed by atoms with Crippen LogP contribution >= 0.6 is 0 Å². The van der Waals surface area contributed by atoms with Gasteiger partial charge in [-0.05, 0) is 30.2 Å². The van der Waals surface area contributed by atoms with Gasteiger partial charge in [0.15, 0.2) is 0 Å². The molecule has 1 amide bonds. The fraction of sp³-hybridized carbons (Fsp3) is 0.375. The van der Waals surface area contributed by atoms with Crippen molar-refractivity contribution in [2.45, 2.75) is 26.4 Å². The number of rotatable bonds is 6. The largest absolute Gasteiger partial charge is 0.465 e. The molecule has 0 aliphatic heterocycles. The number of carbonyl (C=O) groups is 2. The summed E-state index contributed by atoms with van der Waals surface area (Å²) >= 11 is 0. The highest BCUT2D eigenvalue weighted by atomic mass is 16.5. The van der Waals surface area contributed by atoms with Crippen LogP contribution < -0.4 is 5.32 Å². The maximum Gasteiger partial charge on any atom is 0.337 e. The SMILES string of the molecule is COC(=O)c1ccc(C(=O)NC(Cn2ccnn2)C(C)C)cc1. The van der Waals surface area contributed by atoms with Crippen LogP contribution in [0.3, 0.4) is 0 Å². The number of methoxy groups -OCH3 is 1. The third kappa shape index (κ3) is 4.38. The van der Waals surface area contributed by atoms with E-state index in [1.165, 1.54) is 7.11 Å². The maximum atomic E-state index is 12.4. The van der Waals surface area contributed by atoms with Crippen molar-refractivity contribution in [3.63, 3.8) is 0 Å². The zero-order chi connectivity index (χ0) is 16.8. The molecule has 1 aromatic carbocycles. The van der Waals surface area contributed by atoms with Gasteiger partial charge in [-0.15, -0.1) is 5.10 Å². The summed E-state index contributed by atoms with van der Waals surface area (Å²) in [6, 6.07) is 6.28. The number of carbonyl (C=O) groups excluding carboxylic acids is 2. The van der Waals surface area contributed by atoms with E-state index in [-0.39, 0.29) is 17.9 Å². The van der Waals surface area contributed by atoms with Gasteiger partial charge < -0.3 is 10.1 Å². The molecule has 0 spiro atoms. The Morgan fingerprint density at radius 1 is 1.22 bits per heavy atom. The second-order valence-corrected chi connectivity index (χ2v) is 5.52. The monoisotopic (exact) mass is 316 g/mol. The Bertz CT molecular complexity index is 650. The highest BCUT2D eigenvalue weighted by Crippen LogP contribution is 2.09. The van der Waals surface area contributed by atoms with E-state index in [1.807, 2.05) is 13.8 Å². The smallest absolute Gasteiger partial charge is 0.337 e. The van der Waals surface area contributed by atoms with Gasteiger partial charge in [-0.25, -0.2) is 4.79 Å². The first-order valence-corrected chi connectivity index (χ1v) is 7.34. The quantitative estimate of drug-likeness (QED) is 0.817. The van der Waals surface area contributed by atoms with E-state index in [4.69, 9.17) is 0 Å². The number of nitrogens with zero attached hydrogens (tertiary/aromatic N) is 3. The molecule has 1 N–H and O–H groups in total. The van der Waals surface area contributed by atoms with E-state index < -0.39 is 5.97 Å². The topological polar surface area (TPSA) is 86.1 Å². The average molecular weight is 316 g/mol. The first kappa shape index (κ1) is 16.7. The second kappa shape index (κ2) is 7.53. The standard InChI is InChI=1S/C16H20N4O3/c1-11(2)14(10-20-9-8-17-19-20)18-15(21)12-4-6-13(7-5-12)16(22)23-3/h4-9,11,14H,10H2,1-3H3,(H,18,21). The molecule has 7 heteroatoms. The highest BCUT2D eigenvalue weighted by Gasteiger charge is 2.18. The maximum absolute atomic E-state index is 12.4. The van der Waals surface area contributed by atoms with Crippen molar-refractivity contribution in [2.75, 3.05) is 7.11 Å². The summed E-state index contributed by atoms with van der Waals surface area (Å²) in [5.74, 6) is -0.388. The predicted molar refractivity (Wildman–Crippen MR) is 83.9 cm³/mol. The van der Waals surface area contributed by atoms with Crippen molar-refractivity contribution in [2.24, 2.45) is 5.92 Å². The van der Waals surface area contributed by atoms with E-state index in [0.29, 0.717) is 17.7 Å². The number of hydrogen-bond donors (Lipinski definition) is 1. The lowest BCUT2D eigenvalue weighted by Crippen LogP contribution is -2.41. The molecular formula is C16H20N4O3. The third-order valence-electron chi connectivity index (χ3n) is 3.55. The Kier molecular flexibility index (Phi) is 5.46. The van der Waals surface area contributed by atoms with Crippen LogP contribution in [0, 0.1) is 5.92 Å². The summed E-state index contributed by atoms with van der Waals surface area (Å²) in [5.41, 5.74) is 0.897. The molecule has 1 aromatic heterocycles. The highest BCUT2D eigenvalue weighted by molar-refractivity contribution is 5.96. The number of aromatic nitrogens is 3. The number of esters is 1. The van der Waals surface area contributed by atoms with Crippen molar-refractivity contribution < 1.29 is 14.3 Å². The summed E-state index contributed by atoms with van der Waals surface area (Å²) in [6.45, 7) is 4.61. The number of hydrogen-bond acceptors (Lipinski definition) is 5. The molecule has 23 heavy (non-hydrogen) atoms. The van der Waals surface area contributed by atoms with Gasteiger partial charge in [0.2, 0.25) is 0 Å². The minimum Gasteiger partial charge on any atom is -0.465 e. The van der Waals surface area contributed by atoms with Crippen LogP contribution in [0.2, 0.25) is 0 Å². The molecule has 0 radical (unpaired) electrons. The molecular weight excluding hydrogens is 296 g/mol. The van der Waals surface area contributed by atoms with Gasteiger partial charge in [0.05, 0.1) is 31.5 Å². The van der Waals surface area contributed by atoms with E-state index >= 15 is 0 Å². The molecule has 1 atom stereocenters. The van der Waals surface area contributed by atoms with E-state index in [9.17, 15) is 9.59 Å². The van der Waals surface area contributed by atoms with Crippen molar-refractivity contribution in [3.8, 4) is 0 Å². The average Bonchev–Trinajstić information content (AvgIpc) is 3.06. The molecule has 1 heterocycles. The van der Waals surface area contributed by atoms with Gasteiger partial charge in [-0.1, -0.05) is 19.1 Å². The molecule has 0 bridgehead atoms. The number of amides is 1. The summed E-state index contributed by atoms with van der Waals surface area (Å²) in [7, 11) is 1.32. The lowest BCUT2D eigenvalue weighted by atomic mass is 10.0. The molecule has 122 valence electrons. The normalized spacial score (nSPS) is 12.0. The van der Waals surface area contributed by atoms with Crippen molar-refractivity contribution in [3.05, 3.63) is 47.8 Å². The summed E-state index contributed by atoms with van der Waals surface area (Å²) in [4.78, 5) is 23.8. The van der Waals surface area contributed by atoms with Crippen LogP contribution in [-0.4, -0.2) is 40.0 Å². The number of benzene rings is 1. The predicted octanol–water partition coefficient (Wildman–Crippen LogP) is 1.52. The van der Waals surface area contributed by atoms with Gasteiger partial charge in [-0.3, -0.25) is 9.48 Å². The molecule has 0 aliphatic carbocycles. The molecule has 2 aromatic rings. The second-order valence-electron chi connectivity index (χ2n) is 5.52. The van der Waals surface area contributed by atoms with Crippen LogP contribution in [0.15, 0.2) is 36.7 Å². The van der Waals surface area contributed by atoms with Crippen LogP contribution in [-0.2, 0) is 11.3 Å². The van der Waals surface area contributed by atoms with E-state index in [0.717, 1.165) is 0 Å². The van der Waals surface area contributed by atoms with Crippen LogP contribution in [0.4, 0.5) is 0 Å². The van der Waals surface area contributed by atoms with Crippen molar-refractivity contribution in [1.82, 2.24) is 20.3 Å². The van der Waals surface area contributed by atoms with Gasteiger partial charge in [0.25, 0.3) is 5.91 Å². The molecule has 7 nitrogen and oxygen atoms in total. The molecule has 2 rings (SSSR count). The molecule has 0 saturated heterocycles. The van der Waals surface area contributed by atoms with Crippen LogP contribution in [0.5, 0.6) is 0 Å². The zero-order valence-electron chi connectivity index (χ0n) is 13.4. The summed E-state index contributed by atoms with van der Waals surface area (Å²) < 4.78 is 6.32. The lowest BCUT2D eigenvalue weighted by molar-refractivity contribution is 0.0600. The Labute approximate surface area is 134 Å². The summed E-state index contributed by atoms with van der Waals surface area (Å²) in [5, 5.41) is 10.7. The van der Waals surface area contributed by atoms with Gasteiger partial charge in [-0.2, -0.15) is 0 Å². The Morgan fingerprint density at radius 3 is 2.39 bits per heavy atom. The fourth-order valence-electron chi connectivity index (χ4n) is 2.08. The first-order chi connectivity index (χ1) is 11.0. The van der Waals surface area contributed by atoms with E-state index in [1.54, 1.807) is 41.3 Å². The van der Waals surface area contributed by atoms with Gasteiger partial charge >= 0.3 is 5.97 Å². The summed E-state index contributed by atoms with van der Waals surface area (Å²) in [6.07, 6.45) is 3.36. The molecule has 1 unspecified atom stereocenters. The van der Waals surface area contributed by atoms with Crippen molar-refractivity contribution >= 4 is 11.9 Å². The molecule has 0 fully saturated rings. The first-order valence-electron chi connectivity index (χ1n) is 7.34. The Hall–Kier alpha value is -2.70. The molecule has 0 aliphatic rings. The lowest BCUT2D eigenvalue weighted by Gasteiger charge is -2.22. The van der Waals surface area contributed by atoms with Gasteiger partial charge in [0.1, 0.15) is 0 Å².